The summed E-state index contributed by atoms with van der Waals surface area (Å²) < 4.78 is 10.3. The SMILES string of the molecule is CCOC(=O)c1cnc(Nc2cnn(C)c2)nc1NC1CCC(N2CCN(C(=O)C3CCC(C(=O)N4CCC(CCN5CCC(c6cccc7c6n(C)c(=O)n7C6CCC(=O)NC6=O)CC5)CC4)CC3)CC2)CC1. The maximum atomic E-state index is 13.8. The second-order valence-corrected chi connectivity index (χ2v) is 21.8. The molecule has 20 heteroatoms. The van der Waals surface area contributed by atoms with Crippen LogP contribution >= 0.6 is 0 Å². The zero-order valence-electron chi connectivity index (χ0n) is 43.5. The van der Waals surface area contributed by atoms with Crippen LogP contribution in [-0.2, 0) is 38.0 Å². The van der Waals surface area contributed by atoms with Gasteiger partial charge in [0, 0.05) is 96.1 Å². The van der Waals surface area contributed by atoms with Gasteiger partial charge in [-0.05, 0) is 140 Å². The first-order valence-electron chi connectivity index (χ1n) is 27.5. The molecular weight excluding hydrogens is 943 g/mol. The highest BCUT2D eigenvalue weighted by molar-refractivity contribution is 6.00. The molecule has 0 spiro atoms. The number of nitrogens with one attached hydrogen (secondary N) is 3. The van der Waals surface area contributed by atoms with E-state index < -0.39 is 17.9 Å². The molecule has 10 rings (SSSR count). The number of nitrogens with zero attached hydrogens (tertiary/aromatic N) is 10. The van der Waals surface area contributed by atoms with Crippen LogP contribution in [0.15, 0.2) is 41.6 Å². The van der Waals surface area contributed by atoms with E-state index >= 15 is 0 Å². The van der Waals surface area contributed by atoms with Crippen molar-refractivity contribution in [1.29, 1.82) is 0 Å². The quantitative estimate of drug-likeness (QED) is 0.113. The van der Waals surface area contributed by atoms with Crippen LogP contribution in [0.1, 0.15) is 131 Å². The molecule has 6 fully saturated rings. The summed E-state index contributed by atoms with van der Waals surface area (Å²) in [6.07, 6.45) is 17.8. The highest BCUT2D eigenvalue weighted by atomic mass is 16.5. The molecule has 1 aromatic carbocycles. The number of para-hydroxylation sites is 1. The molecule has 4 aliphatic heterocycles. The van der Waals surface area contributed by atoms with Gasteiger partial charge >= 0.3 is 11.7 Å². The number of ether oxygens (including phenoxy) is 1. The van der Waals surface area contributed by atoms with Gasteiger partial charge in [-0.15, -0.1) is 0 Å². The number of amides is 4. The fourth-order valence-electron chi connectivity index (χ4n) is 13.0. The number of piperidine rings is 3. The van der Waals surface area contributed by atoms with Crippen molar-refractivity contribution in [2.45, 2.75) is 127 Å². The number of piperazine rings is 1. The molecule has 398 valence electrons. The first-order chi connectivity index (χ1) is 35.9. The van der Waals surface area contributed by atoms with E-state index in [1.165, 1.54) is 6.20 Å². The van der Waals surface area contributed by atoms with Crippen LogP contribution in [0.25, 0.3) is 11.0 Å². The van der Waals surface area contributed by atoms with Gasteiger partial charge in [0.1, 0.15) is 17.4 Å². The third kappa shape index (κ3) is 11.3. The Hall–Kier alpha value is -6.15. The lowest BCUT2D eigenvalue weighted by atomic mass is 9.80. The molecule has 2 saturated carbocycles. The van der Waals surface area contributed by atoms with E-state index in [0.29, 0.717) is 41.6 Å². The number of carbonyl (C=O) groups is 5. The zero-order valence-corrected chi connectivity index (χ0v) is 43.5. The van der Waals surface area contributed by atoms with Crippen molar-refractivity contribution in [1.82, 2.24) is 53.8 Å². The molecule has 20 nitrogen and oxygen atoms in total. The van der Waals surface area contributed by atoms with Gasteiger partial charge in [0.25, 0.3) is 0 Å². The minimum absolute atomic E-state index is 0.00122. The smallest absolute Gasteiger partial charge is 0.343 e. The first kappa shape index (κ1) is 51.3. The van der Waals surface area contributed by atoms with Gasteiger partial charge in [-0.1, -0.05) is 12.1 Å². The van der Waals surface area contributed by atoms with Crippen molar-refractivity contribution < 1.29 is 28.7 Å². The minimum atomic E-state index is -0.689. The standard InChI is InChI=1S/C54H75N13O7/c1-4-74-52(72)43-33-55-53(58-40-32-56-61(2)34-40)60-48(43)57-39-12-14-41(15-13-39)64-28-30-66(31-29-64)51(71)38-10-8-37(9-11-38)50(70)65-26-19-35(20-27-65)18-23-63-24-21-36(22-25-63)42-6-5-7-44-47(42)62(3)54(73)67(44)45-16-17-46(68)59-49(45)69/h5-7,32-39,41,45H,4,8-31H2,1-3H3,(H,59,68,69)(H2,55,57,58,60). The molecule has 1 unspecified atom stereocenters. The third-order valence-electron chi connectivity index (χ3n) is 17.3. The first-order valence-corrected chi connectivity index (χ1v) is 27.5. The number of rotatable bonds is 14. The van der Waals surface area contributed by atoms with Gasteiger partial charge in [0.15, 0.2) is 0 Å². The van der Waals surface area contributed by atoms with Crippen LogP contribution in [0, 0.1) is 17.8 Å². The van der Waals surface area contributed by atoms with Crippen LogP contribution < -0.4 is 21.6 Å². The lowest BCUT2D eigenvalue weighted by Gasteiger charge is -2.43. The number of hydrogen-bond donors (Lipinski definition) is 3. The highest BCUT2D eigenvalue weighted by Crippen LogP contribution is 2.37. The molecule has 4 amide bonds. The summed E-state index contributed by atoms with van der Waals surface area (Å²) in [5.41, 5.74) is 3.63. The van der Waals surface area contributed by atoms with Crippen molar-refractivity contribution in [3.05, 3.63) is 58.4 Å². The maximum absolute atomic E-state index is 13.8. The summed E-state index contributed by atoms with van der Waals surface area (Å²) in [6, 6.07) is 5.94. The summed E-state index contributed by atoms with van der Waals surface area (Å²) in [4.78, 5) is 96.9. The maximum Gasteiger partial charge on any atom is 0.343 e. The van der Waals surface area contributed by atoms with Gasteiger partial charge in [-0.3, -0.25) is 43.2 Å². The number of aromatic nitrogens is 6. The Labute approximate surface area is 432 Å². The summed E-state index contributed by atoms with van der Waals surface area (Å²) in [7, 11) is 3.62. The number of hydrogen-bond acceptors (Lipinski definition) is 14. The number of carbonyl (C=O) groups excluding carboxylic acids is 5. The number of imide groups is 1. The van der Waals surface area contributed by atoms with Gasteiger partial charge in [0.05, 0.1) is 29.5 Å². The van der Waals surface area contributed by atoms with Crippen molar-refractivity contribution in [2.24, 2.45) is 31.8 Å². The molecule has 6 aliphatic rings. The molecule has 4 aromatic rings. The summed E-state index contributed by atoms with van der Waals surface area (Å²) in [6.45, 7) is 9.93. The molecule has 3 N–H and O–H groups in total. The van der Waals surface area contributed by atoms with Crippen molar-refractivity contribution in [2.75, 3.05) is 76.1 Å². The molecule has 7 heterocycles. The molecule has 74 heavy (non-hydrogen) atoms. The molecule has 0 bridgehead atoms. The Morgan fingerprint density at radius 3 is 2.12 bits per heavy atom. The van der Waals surface area contributed by atoms with Gasteiger partial charge in [0.2, 0.25) is 29.6 Å². The minimum Gasteiger partial charge on any atom is -0.462 e. The number of fused-ring (bicyclic) bond motifs is 1. The fourth-order valence-corrected chi connectivity index (χ4v) is 13.0. The molecule has 4 saturated heterocycles. The Kier molecular flexibility index (Phi) is 15.8. The van der Waals surface area contributed by atoms with Crippen LogP contribution in [0.3, 0.4) is 0 Å². The van der Waals surface area contributed by atoms with E-state index in [-0.39, 0.29) is 54.3 Å². The second-order valence-electron chi connectivity index (χ2n) is 21.8. The molecule has 1 atom stereocenters. The zero-order chi connectivity index (χ0) is 51.5. The van der Waals surface area contributed by atoms with Crippen LogP contribution in [0.2, 0.25) is 0 Å². The van der Waals surface area contributed by atoms with E-state index in [9.17, 15) is 28.8 Å². The normalized spacial score (nSPS) is 25.0. The third-order valence-corrected chi connectivity index (χ3v) is 17.3. The topological polar surface area (TPSA) is 214 Å². The van der Waals surface area contributed by atoms with Crippen molar-refractivity contribution in [3.8, 4) is 0 Å². The number of imidazole rings is 1. The van der Waals surface area contributed by atoms with Crippen LogP contribution in [-0.4, -0.2) is 156 Å². The molecular formula is C54H75N13O7. The van der Waals surface area contributed by atoms with E-state index in [1.807, 2.05) is 25.4 Å². The molecule has 0 radical (unpaired) electrons. The number of anilines is 3. The summed E-state index contributed by atoms with van der Waals surface area (Å²) >= 11 is 0. The van der Waals surface area contributed by atoms with E-state index in [0.717, 1.165) is 165 Å². The number of likely N-dealkylation sites (tertiary alicyclic amines) is 2. The van der Waals surface area contributed by atoms with E-state index in [4.69, 9.17) is 4.74 Å². The summed E-state index contributed by atoms with van der Waals surface area (Å²) in [5.74, 6) is 1.15. The predicted molar refractivity (Wildman–Crippen MR) is 279 cm³/mol. The average Bonchev–Trinajstić information content (AvgIpc) is 3.95. The van der Waals surface area contributed by atoms with Gasteiger partial charge in [-0.25, -0.2) is 14.6 Å². The number of benzene rings is 1. The van der Waals surface area contributed by atoms with Gasteiger partial charge in [-0.2, -0.15) is 10.1 Å². The van der Waals surface area contributed by atoms with Crippen molar-refractivity contribution in [3.63, 3.8) is 0 Å². The predicted octanol–water partition coefficient (Wildman–Crippen LogP) is 4.94. The van der Waals surface area contributed by atoms with Crippen molar-refractivity contribution >= 4 is 58.1 Å². The Morgan fingerprint density at radius 1 is 0.784 bits per heavy atom. The number of aryl methyl sites for hydroxylation is 2. The van der Waals surface area contributed by atoms with Gasteiger partial charge < -0.3 is 30.1 Å². The lowest BCUT2D eigenvalue weighted by molar-refractivity contribution is -0.143. The Balaban J connectivity index is 0.616. The van der Waals surface area contributed by atoms with E-state index in [1.54, 1.807) is 34.0 Å². The summed E-state index contributed by atoms with van der Waals surface area (Å²) in [5, 5.41) is 13.3. The van der Waals surface area contributed by atoms with Crippen LogP contribution in [0.4, 0.5) is 17.5 Å². The largest absolute Gasteiger partial charge is 0.462 e. The Morgan fingerprint density at radius 2 is 1.47 bits per heavy atom. The molecule has 3 aromatic heterocycles. The fraction of sp³-hybridized carbons (Fsp3) is 0.648. The Bertz CT molecular complexity index is 2730. The van der Waals surface area contributed by atoms with E-state index in [2.05, 4.69) is 56.7 Å². The van der Waals surface area contributed by atoms with Crippen LogP contribution in [0.5, 0.6) is 0 Å². The average molecular weight is 1020 g/mol. The monoisotopic (exact) mass is 1020 g/mol. The molecule has 2 aliphatic carbocycles. The lowest BCUT2D eigenvalue weighted by Crippen LogP contribution is -2.54. The highest BCUT2D eigenvalue weighted by Gasteiger charge is 2.38. The second kappa shape index (κ2) is 22.8. The number of esters is 1.